The van der Waals surface area contributed by atoms with Crippen molar-refractivity contribution in [3.63, 3.8) is 0 Å². The summed E-state index contributed by atoms with van der Waals surface area (Å²) in [5, 5.41) is 10.8. The summed E-state index contributed by atoms with van der Waals surface area (Å²) in [6.45, 7) is 1.92. The van der Waals surface area contributed by atoms with E-state index in [1.807, 2.05) is 25.1 Å². The van der Waals surface area contributed by atoms with Gasteiger partial charge in [-0.15, -0.1) is 0 Å². The Morgan fingerprint density at radius 1 is 1.26 bits per heavy atom. The van der Waals surface area contributed by atoms with Gasteiger partial charge in [0.2, 0.25) is 0 Å². The summed E-state index contributed by atoms with van der Waals surface area (Å²) < 4.78 is 0.951. The van der Waals surface area contributed by atoms with E-state index >= 15 is 0 Å². The van der Waals surface area contributed by atoms with Crippen LogP contribution in [0.1, 0.15) is 11.1 Å². The molecule has 6 heteroatoms. The van der Waals surface area contributed by atoms with E-state index in [9.17, 15) is 14.9 Å². The van der Waals surface area contributed by atoms with E-state index in [4.69, 9.17) is 0 Å². The first-order valence-electron chi connectivity index (χ1n) is 6.85. The zero-order valence-corrected chi connectivity index (χ0v) is 14.3. The Kier molecular flexibility index (Phi) is 5.28. The average molecular weight is 375 g/mol. The van der Waals surface area contributed by atoms with Gasteiger partial charge in [0.1, 0.15) is 0 Å². The predicted octanol–water partition coefficient (Wildman–Crippen LogP) is 4.34. The minimum atomic E-state index is -0.462. The highest BCUT2D eigenvalue weighted by atomic mass is 79.9. The SMILES string of the molecule is Cc1cc(Br)ccc1N(C)C(=O)C=Cc1cccc([N+](=O)[O-])c1. The topological polar surface area (TPSA) is 63.5 Å². The van der Waals surface area contributed by atoms with Crippen LogP contribution in [-0.4, -0.2) is 17.9 Å². The predicted molar refractivity (Wildman–Crippen MR) is 94.4 cm³/mol. The Labute approximate surface area is 142 Å². The molecule has 0 spiro atoms. The number of nitro groups is 1. The number of carbonyl (C=O) groups excluding carboxylic acids is 1. The number of rotatable bonds is 4. The lowest BCUT2D eigenvalue weighted by atomic mass is 10.1. The quantitative estimate of drug-likeness (QED) is 0.454. The van der Waals surface area contributed by atoms with Gasteiger partial charge in [-0.05, 0) is 42.3 Å². The number of anilines is 1. The second-order valence-electron chi connectivity index (χ2n) is 5.01. The first kappa shape index (κ1) is 16.9. The zero-order valence-electron chi connectivity index (χ0n) is 12.7. The number of hydrogen-bond donors (Lipinski definition) is 0. The van der Waals surface area contributed by atoms with Crippen molar-refractivity contribution in [2.24, 2.45) is 0 Å². The highest BCUT2D eigenvalue weighted by Gasteiger charge is 2.11. The summed E-state index contributed by atoms with van der Waals surface area (Å²) >= 11 is 3.39. The van der Waals surface area contributed by atoms with Gasteiger partial charge >= 0.3 is 0 Å². The van der Waals surface area contributed by atoms with Gasteiger partial charge < -0.3 is 4.90 Å². The summed E-state index contributed by atoms with van der Waals surface area (Å²) in [5.41, 5.74) is 2.38. The summed E-state index contributed by atoms with van der Waals surface area (Å²) in [5.74, 6) is -0.207. The molecule has 0 aliphatic rings. The molecule has 0 N–H and O–H groups in total. The van der Waals surface area contributed by atoms with Crippen LogP contribution in [0.15, 0.2) is 53.0 Å². The number of halogens is 1. The van der Waals surface area contributed by atoms with Crippen molar-refractivity contribution in [1.29, 1.82) is 0 Å². The van der Waals surface area contributed by atoms with Gasteiger partial charge in [0, 0.05) is 35.4 Å². The standard InChI is InChI=1S/C17H15BrN2O3/c1-12-10-14(18)7-8-16(12)19(2)17(21)9-6-13-4-3-5-15(11-13)20(22)23/h3-11H,1-2H3. The monoisotopic (exact) mass is 374 g/mol. The molecule has 0 atom stereocenters. The number of hydrogen-bond acceptors (Lipinski definition) is 3. The number of nitrogens with zero attached hydrogens (tertiary/aromatic N) is 2. The molecule has 1 amide bonds. The van der Waals surface area contributed by atoms with Crippen LogP contribution in [0.5, 0.6) is 0 Å². The fourth-order valence-corrected chi connectivity index (χ4v) is 2.61. The van der Waals surface area contributed by atoms with Gasteiger partial charge in [-0.25, -0.2) is 0 Å². The molecule has 0 aliphatic heterocycles. The molecule has 0 aromatic heterocycles. The Bertz CT molecular complexity index is 787. The molecule has 23 heavy (non-hydrogen) atoms. The number of likely N-dealkylation sites (N-methyl/N-ethyl adjacent to an activating group) is 1. The second kappa shape index (κ2) is 7.19. The lowest BCUT2D eigenvalue weighted by molar-refractivity contribution is -0.384. The highest BCUT2D eigenvalue weighted by molar-refractivity contribution is 9.10. The van der Waals surface area contributed by atoms with Crippen LogP contribution in [0.4, 0.5) is 11.4 Å². The molecule has 2 rings (SSSR count). The van der Waals surface area contributed by atoms with Gasteiger partial charge in [0.15, 0.2) is 0 Å². The first-order chi connectivity index (χ1) is 10.9. The number of amides is 1. The van der Waals surface area contributed by atoms with Crippen LogP contribution in [0.2, 0.25) is 0 Å². The average Bonchev–Trinajstić information content (AvgIpc) is 2.52. The maximum Gasteiger partial charge on any atom is 0.270 e. The van der Waals surface area contributed by atoms with Crippen LogP contribution >= 0.6 is 15.9 Å². The van der Waals surface area contributed by atoms with E-state index in [1.54, 1.807) is 25.3 Å². The maximum atomic E-state index is 12.3. The summed E-state index contributed by atoms with van der Waals surface area (Å²) in [6.07, 6.45) is 2.97. The Morgan fingerprint density at radius 2 is 2.00 bits per heavy atom. The molecular weight excluding hydrogens is 360 g/mol. The number of carbonyl (C=O) groups is 1. The minimum absolute atomic E-state index is 0.00305. The molecule has 0 bridgehead atoms. The number of nitro benzene ring substituents is 1. The molecular formula is C17H15BrN2O3. The lowest BCUT2D eigenvalue weighted by Crippen LogP contribution is -2.24. The third kappa shape index (κ3) is 4.26. The Hall–Kier alpha value is -2.47. The molecule has 0 unspecified atom stereocenters. The highest BCUT2D eigenvalue weighted by Crippen LogP contribution is 2.23. The van der Waals surface area contributed by atoms with E-state index in [0.717, 1.165) is 15.7 Å². The summed E-state index contributed by atoms with van der Waals surface area (Å²) in [4.78, 5) is 24.1. The van der Waals surface area contributed by atoms with E-state index in [-0.39, 0.29) is 11.6 Å². The van der Waals surface area contributed by atoms with Crippen LogP contribution in [0.3, 0.4) is 0 Å². The van der Waals surface area contributed by atoms with E-state index in [0.29, 0.717) is 5.56 Å². The zero-order chi connectivity index (χ0) is 17.0. The van der Waals surface area contributed by atoms with Crippen LogP contribution in [-0.2, 0) is 4.79 Å². The van der Waals surface area contributed by atoms with Crippen LogP contribution in [0, 0.1) is 17.0 Å². The van der Waals surface area contributed by atoms with Crippen molar-refractivity contribution < 1.29 is 9.72 Å². The molecule has 5 nitrogen and oxygen atoms in total. The van der Waals surface area contributed by atoms with Crippen molar-refractivity contribution in [2.45, 2.75) is 6.92 Å². The van der Waals surface area contributed by atoms with Crippen molar-refractivity contribution in [3.05, 3.63) is 74.3 Å². The molecule has 0 aliphatic carbocycles. The van der Waals surface area contributed by atoms with Gasteiger partial charge in [0.05, 0.1) is 4.92 Å². The second-order valence-corrected chi connectivity index (χ2v) is 5.93. The van der Waals surface area contributed by atoms with E-state index < -0.39 is 4.92 Å². The summed E-state index contributed by atoms with van der Waals surface area (Å²) in [6, 6.07) is 11.8. The molecule has 0 saturated carbocycles. The maximum absolute atomic E-state index is 12.3. The van der Waals surface area contributed by atoms with Gasteiger partial charge in [-0.1, -0.05) is 28.1 Å². The largest absolute Gasteiger partial charge is 0.312 e. The normalized spacial score (nSPS) is 10.7. The molecule has 0 saturated heterocycles. The fraction of sp³-hybridized carbons (Fsp3) is 0.118. The molecule has 118 valence electrons. The minimum Gasteiger partial charge on any atom is -0.312 e. The molecule has 0 radical (unpaired) electrons. The number of benzene rings is 2. The lowest BCUT2D eigenvalue weighted by Gasteiger charge is -2.18. The van der Waals surface area contributed by atoms with Gasteiger partial charge in [0.25, 0.3) is 11.6 Å². The first-order valence-corrected chi connectivity index (χ1v) is 7.64. The van der Waals surface area contributed by atoms with Gasteiger partial charge in [-0.2, -0.15) is 0 Å². The van der Waals surface area contributed by atoms with Crippen LogP contribution < -0.4 is 4.90 Å². The molecule has 2 aromatic carbocycles. The Morgan fingerprint density at radius 3 is 2.65 bits per heavy atom. The van der Waals surface area contributed by atoms with E-state index in [2.05, 4.69) is 15.9 Å². The third-order valence-corrected chi connectivity index (χ3v) is 3.84. The van der Waals surface area contributed by atoms with E-state index in [1.165, 1.54) is 23.1 Å². The molecule has 0 fully saturated rings. The van der Waals surface area contributed by atoms with Gasteiger partial charge in [-0.3, -0.25) is 14.9 Å². The smallest absolute Gasteiger partial charge is 0.270 e. The molecule has 2 aromatic rings. The van der Waals surface area contributed by atoms with Crippen molar-refractivity contribution >= 4 is 39.3 Å². The Balaban J connectivity index is 2.17. The fourth-order valence-electron chi connectivity index (χ4n) is 2.14. The summed E-state index contributed by atoms with van der Waals surface area (Å²) in [7, 11) is 1.69. The van der Waals surface area contributed by atoms with Crippen molar-refractivity contribution in [1.82, 2.24) is 0 Å². The van der Waals surface area contributed by atoms with Crippen LogP contribution in [0.25, 0.3) is 6.08 Å². The molecule has 0 heterocycles. The number of aryl methyl sites for hydroxylation is 1. The van der Waals surface area contributed by atoms with Crippen molar-refractivity contribution in [2.75, 3.05) is 11.9 Å². The number of non-ortho nitro benzene ring substituents is 1. The third-order valence-electron chi connectivity index (χ3n) is 3.35. The van der Waals surface area contributed by atoms with Crippen molar-refractivity contribution in [3.8, 4) is 0 Å².